The minimum Gasteiger partial charge on any atom is -0.495 e. The van der Waals surface area contributed by atoms with Gasteiger partial charge in [0.25, 0.3) is 5.56 Å². The lowest BCUT2D eigenvalue weighted by Crippen LogP contribution is -2.34. The molecular weight excluding hydrogens is 634 g/mol. The van der Waals surface area contributed by atoms with Gasteiger partial charge in [0.2, 0.25) is 5.91 Å². The number of pyridine rings is 1. The minimum atomic E-state index is -1.00. The lowest BCUT2D eigenvalue weighted by Gasteiger charge is -2.21. The van der Waals surface area contributed by atoms with E-state index in [4.69, 9.17) is 34.6 Å². The number of carbonyl (C=O) groups is 3. The summed E-state index contributed by atoms with van der Waals surface area (Å²) in [6.07, 6.45) is 1.57. The van der Waals surface area contributed by atoms with Crippen LogP contribution in [0, 0.1) is 6.92 Å². The smallest absolute Gasteiger partial charge is 0.495 e. The molecule has 0 saturated heterocycles. The first-order chi connectivity index (χ1) is 22.5. The van der Waals surface area contributed by atoms with Gasteiger partial charge in [0.05, 0.1) is 13.3 Å². The fourth-order valence-corrected chi connectivity index (χ4v) is 5.25. The van der Waals surface area contributed by atoms with Crippen molar-refractivity contribution in [3.63, 3.8) is 0 Å². The van der Waals surface area contributed by atoms with Gasteiger partial charge in [0.15, 0.2) is 23.9 Å². The predicted molar refractivity (Wildman–Crippen MR) is 171 cm³/mol. The number of carbonyl (C=O) groups excluding carboxylic acids is 3. The van der Waals surface area contributed by atoms with Crippen LogP contribution in [-0.4, -0.2) is 48.0 Å². The summed E-state index contributed by atoms with van der Waals surface area (Å²) in [7, 11) is 2.90. The highest BCUT2D eigenvalue weighted by atomic mass is 35.5. The molecule has 3 aromatic heterocycles. The number of Topliss-reactive ketones (excluding diaryl/α,β-unsaturated/α-hetero) is 1. The standard InChI is InChI=1S/C33H30ClN3O10/c1-17(38)22-7-5-20(34)13-23(22)24-14-30(39)37(15-28(24)44-4)27(9-10-43-3)31(40)35-21-6-8-25-19(11-21)12-26(36-25)32(41)45-16-29-18(2)46-33(42)47-29/h5-8,11-15,27,36H,9-10,16H2,1-4H3,(H,35,40)/t27-/m1/s1. The first kappa shape index (κ1) is 33.0. The highest BCUT2D eigenvalue weighted by molar-refractivity contribution is 6.31. The van der Waals surface area contributed by atoms with Gasteiger partial charge in [-0.15, -0.1) is 0 Å². The number of aryl methyl sites for hydroxylation is 1. The highest BCUT2D eigenvalue weighted by Gasteiger charge is 2.25. The van der Waals surface area contributed by atoms with Gasteiger partial charge in [-0.25, -0.2) is 9.59 Å². The van der Waals surface area contributed by atoms with Crippen molar-refractivity contribution in [2.24, 2.45) is 0 Å². The molecule has 5 rings (SSSR count). The van der Waals surface area contributed by atoms with Gasteiger partial charge in [-0.1, -0.05) is 11.6 Å². The number of nitrogens with zero attached hydrogens (tertiary/aromatic N) is 1. The van der Waals surface area contributed by atoms with Gasteiger partial charge in [0.1, 0.15) is 17.5 Å². The molecule has 1 atom stereocenters. The van der Waals surface area contributed by atoms with Crippen LogP contribution in [0.25, 0.3) is 22.0 Å². The van der Waals surface area contributed by atoms with Crippen molar-refractivity contribution in [3.8, 4) is 16.9 Å². The molecule has 13 nitrogen and oxygen atoms in total. The van der Waals surface area contributed by atoms with Gasteiger partial charge in [-0.05, 0) is 61.9 Å². The summed E-state index contributed by atoms with van der Waals surface area (Å²) in [4.78, 5) is 66.3. The number of fused-ring (bicyclic) bond motifs is 1. The Hall–Kier alpha value is -5.40. The van der Waals surface area contributed by atoms with Crippen LogP contribution in [-0.2, 0) is 20.9 Å². The van der Waals surface area contributed by atoms with E-state index in [1.807, 2.05) is 0 Å². The number of methoxy groups -OCH3 is 2. The molecule has 2 N–H and O–H groups in total. The molecule has 0 radical (unpaired) electrons. The first-order valence-corrected chi connectivity index (χ1v) is 14.7. The molecule has 0 spiro atoms. The van der Waals surface area contributed by atoms with E-state index in [2.05, 4.69) is 10.3 Å². The molecular formula is C33H30ClN3O10. The fraction of sp³-hybridized carbons (Fsp3) is 0.242. The van der Waals surface area contributed by atoms with E-state index in [0.717, 1.165) is 0 Å². The maximum Gasteiger partial charge on any atom is 0.519 e. The van der Waals surface area contributed by atoms with Gasteiger partial charge in [-0.3, -0.25) is 19.0 Å². The second-order valence-electron chi connectivity index (χ2n) is 10.5. The zero-order chi connectivity index (χ0) is 33.8. The van der Waals surface area contributed by atoms with Gasteiger partial charge >= 0.3 is 11.8 Å². The summed E-state index contributed by atoms with van der Waals surface area (Å²) < 4.78 is 26.9. The zero-order valence-electron chi connectivity index (χ0n) is 25.8. The summed E-state index contributed by atoms with van der Waals surface area (Å²) in [6, 6.07) is 11.6. The maximum atomic E-state index is 13.7. The van der Waals surface area contributed by atoms with Crippen LogP contribution in [0.3, 0.4) is 0 Å². The molecule has 0 bridgehead atoms. The number of ketones is 1. The Bertz CT molecular complexity index is 2110. The number of nitrogens with one attached hydrogen (secondary N) is 2. The third-order valence-electron chi connectivity index (χ3n) is 7.43. The highest BCUT2D eigenvalue weighted by Crippen LogP contribution is 2.34. The Morgan fingerprint density at radius 1 is 1.02 bits per heavy atom. The number of ether oxygens (including phenoxy) is 3. The lowest BCUT2D eigenvalue weighted by molar-refractivity contribution is -0.119. The molecule has 0 aliphatic carbocycles. The van der Waals surface area contributed by atoms with Crippen molar-refractivity contribution >= 4 is 45.9 Å². The number of aromatic amines is 1. The number of esters is 1. The Morgan fingerprint density at radius 2 is 1.81 bits per heavy atom. The second kappa shape index (κ2) is 13.9. The van der Waals surface area contributed by atoms with Crippen LogP contribution in [0.2, 0.25) is 5.02 Å². The average molecular weight is 664 g/mol. The molecule has 0 aliphatic heterocycles. The number of rotatable bonds is 12. The van der Waals surface area contributed by atoms with E-state index in [-0.39, 0.29) is 48.4 Å². The number of hydrogen-bond acceptors (Lipinski definition) is 10. The van der Waals surface area contributed by atoms with Crippen LogP contribution in [0.15, 0.2) is 73.2 Å². The topological polar surface area (TPSA) is 172 Å². The number of amides is 1. The number of hydrogen-bond donors (Lipinski definition) is 2. The van der Waals surface area contributed by atoms with Crippen molar-refractivity contribution in [3.05, 3.63) is 103 Å². The number of anilines is 1. The molecule has 14 heteroatoms. The van der Waals surface area contributed by atoms with Crippen LogP contribution in [0.1, 0.15) is 51.8 Å². The fourth-order valence-electron chi connectivity index (χ4n) is 5.08. The molecule has 3 heterocycles. The van der Waals surface area contributed by atoms with Crippen molar-refractivity contribution < 1.29 is 37.4 Å². The minimum absolute atomic E-state index is 0.101. The zero-order valence-corrected chi connectivity index (χ0v) is 26.6. The van der Waals surface area contributed by atoms with Gasteiger partial charge in [0, 0.05) is 58.9 Å². The summed E-state index contributed by atoms with van der Waals surface area (Å²) in [6.45, 7) is 2.80. The normalized spacial score (nSPS) is 11.8. The van der Waals surface area contributed by atoms with Gasteiger partial charge < -0.3 is 33.3 Å². The monoisotopic (exact) mass is 663 g/mol. The third-order valence-corrected chi connectivity index (χ3v) is 7.66. The van der Waals surface area contributed by atoms with E-state index in [1.165, 1.54) is 44.9 Å². The summed E-state index contributed by atoms with van der Waals surface area (Å²) in [5, 5.41) is 3.81. The van der Waals surface area contributed by atoms with E-state index in [9.17, 15) is 24.0 Å². The number of halogens is 1. The Labute approximate surface area is 272 Å². The third kappa shape index (κ3) is 7.21. The maximum absolute atomic E-state index is 13.7. The van der Waals surface area contributed by atoms with E-state index in [1.54, 1.807) is 42.5 Å². The predicted octanol–water partition coefficient (Wildman–Crippen LogP) is 5.29. The summed E-state index contributed by atoms with van der Waals surface area (Å²) in [5.41, 5.74) is 1.76. The largest absolute Gasteiger partial charge is 0.519 e. The Balaban J connectivity index is 1.40. The number of H-pyrrole nitrogens is 1. The Kier molecular flexibility index (Phi) is 9.78. The van der Waals surface area contributed by atoms with Crippen LogP contribution >= 0.6 is 11.6 Å². The van der Waals surface area contributed by atoms with E-state index in [0.29, 0.717) is 38.3 Å². The molecule has 244 valence electrons. The van der Waals surface area contributed by atoms with Crippen molar-refractivity contribution in [1.82, 2.24) is 9.55 Å². The van der Waals surface area contributed by atoms with E-state index >= 15 is 0 Å². The molecule has 0 saturated carbocycles. The van der Waals surface area contributed by atoms with Gasteiger partial charge in [-0.2, -0.15) is 0 Å². The molecule has 47 heavy (non-hydrogen) atoms. The second-order valence-corrected chi connectivity index (χ2v) is 11.0. The molecule has 2 aromatic carbocycles. The summed E-state index contributed by atoms with van der Waals surface area (Å²) in [5.74, 6) is -1.74. The molecule has 0 aliphatic rings. The van der Waals surface area contributed by atoms with Crippen molar-refractivity contribution in [1.29, 1.82) is 0 Å². The quantitative estimate of drug-likeness (QED) is 0.132. The molecule has 0 unspecified atom stereocenters. The molecule has 0 fully saturated rings. The molecule has 1 amide bonds. The van der Waals surface area contributed by atoms with Crippen molar-refractivity contribution in [2.75, 3.05) is 26.1 Å². The van der Waals surface area contributed by atoms with Crippen LogP contribution in [0.4, 0.5) is 5.69 Å². The first-order valence-electron chi connectivity index (χ1n) is 14.3. The number of benzene rings is 2. The number of aromatic nitrogens is 2. The van der Waals surface area contributed by atoms with Crippen LogP contribution in [0.5, 0.6) is 5.75 Å². The van der Waals surface area contributed by atoms with E-state index < -0.39 is 29.3 Å². The lowest BCUT2D eigenvalue weighted by atomic mass is 9.97. The SMILES string of the molecule is COCC[C@H](C(=O)Nc1ccc2[nH]c(C(=O)OCc3oc(=O)oc3C)cc2c1)n1cc(OC)c(-c2cc(Cl)ccc2C(C)=O)cc1=O. The summed E-state index contributed by atoms with van der Waals surface area (Å²) >= 11 is 6.22. The average Bonchev–Trinajstić information content (AvgIpc) is 3.61. The van der Waals surface area contributed by atoms with Crippen molar-refractivity contribution in [2.45, 2.75) is 32.9 Å². The molecule has 5 aromatic rings. The van der Waals surface area contributed by atoms with Crippen LogP contribution < -0.4 is 21.4 Å². The Morgan fingerprint density at radius 3 is 2.49 bits per heavy atom.